The first kappa shape index (κ1) is 14.0. The summed E-state index contributed by atoms with van der Waals surface area (Å²) in [5, 5.41) is 18.9. The molecule has 2 atom stereocenters. The van der Waals surface area contributed by atoms with Crippen molar-refractivity contribution in [1.29, 1.82) is 0 Å². The second kappa shape index (κ2) is 5.73. The Morgan fingerprint density at radius 2 is 2.37 bits per heavy atom. The lowest BCUT2D eigenvalue weighted by Gasteiger charge is -2.20. The molecule has 2 N–H and O–H groups in total. The Morgan fingerprint density at radius 3 is 2.89 bits per heavy atom. The zero-order valence-corrected chi connectivity index (χ0v) is 11.0. The van der Waals surface area contributed by atoms with E-state index in [2.05, 4.69) is 9.97 Å². The molecule has 7 nitrogen and oxygen atoms in total. The number of hydrogen-bond acceptors (Lipinski definition) is 6. The Kier molecular flexibility index (Phi) is 4.23. The van der Waals surface area contributed by atoms with Crippen molar-refractivity contribution in [2.24, 2.45) is 0 Å². The van der Waals surface area contributed by atoms with Crippen LogP contribution in [0.4, 0.5) is 0 Å². The van der Waals surface area contributed by atoms with E-state index in [9.17, 15) is 9.82 Å². The smallest absolute Gasteiger partial charge is 0.377 e. The number of aliphatic carboxylic acids is 1. The van der Waals surface area contributed by atoms with Crippen molar-refractivity contribution in [3.8, 4) is 5.88 Å². The van der Waals surface area contributed by atoms with E-state index in [4.69, 9.17) is 21.4 Å². The first-order valence-corrected chi connectivity index (χ1v) is 6.16. The van der Waals surface area contributed by atoms with Crippen molar-refractivity contribution in [2.45, 2.75) is 25.4 Å². The summed E-state index contributed by atoms with van der Waals surface area (Å²) >= 11 is 5.71. The number of halogens is 1. The molecule has 19 heavy (non-hydrogen) atoms. The number of carbonyl (C=O) groups is 1. The van der Waals surface area contributed by atoms with Crippen LogP contribution in [0.1, 0.15) is 6.42 Å². The van der Waals surface area contributed by atoms with Crippen LogP contribution in [0, 0.1) is 0 Å². The minimum absolute atomic E-state index is 0.255. The summed E-state index contributed by atoms with van der Waals surface area (Å²) in [7, 11) is -0.844. The maximum absolute atomic E-state index is 11.1. The monoisotopic (exact) mass is 285 g/mol. The van der Waals surface area contributed by atoms with Gasteiger partial charge in [-0.05, 0) is 6.82 Å². The minimum atomic E-state index is -0.979. The molecule has 1 saturated heterocycles. The van der Waals surface area contributed by atoms with Gasteiger partial charge in [0, 0.05) is 19.0 Å². The molecule has 0 unspecified atom stereocenters. The molecule has 9 heteroatoms. The van der Waals surface area contributed by atoms with Crippen LogP contribution in [0.15, 0.2) is 12.4 Å². The van der Waals surface area contributed by atoms with E-state index in [1.807, 2.05) is 0 Å². The minimum Gasteiger partial charge on any atom is -0.480 e. The van der Waals surface area contributed by atoms with Gasteiger partial charge in [0.05, 0.1) is 0 Å². The van der Waals surface area contributed by atoms with Crippen molar-refractivity contribution in [3.05, 3.63) is 17.5 Å². The van der Waals surface area contributed by atoms with E-state index in [1.165, 1.54) is 24.0 Å². The lowest BCUT2D eigenvalue weighted by atomic mass is 9.84. The van der Waals surface area contributed by atoms with Gasteiger partial charge in [0.25, 0.3) is 0 Å². The van der Waals surface area contributed by atoms with Crippen molar-refractivity contribution < 1.29 is 19.7 Å². The van der Waals surface area contributed by atoms with Gasteiger partial charge < -0.3 is 19.7 Å². The maximum atomic E-state index is 11.1. The number of nitrogens with zero attached hydrogens (tertiary/aromatic N) is 3. The molecule has 0 spiro atoms. The quantitative estimate of drug-likeness (QED) is 0.600. The van der Waals surface area contributed by atoms with Crippen molar-refractivity contribution in [2.75, 3.05) is 6.54 Å². The highest BCUT2D eigenvalue weighted by molar-refractivity contribution is 6.45. The zero-order valence-electron chi connectivity index (χ0n) is 10.2. The molecule has 2 rings (SSSR count). The lowest BCUT2D eigenvalue weighted by Crippen LogP contribution is -2.45. The van der Waals surface area contributed by atoms with Crippen molar-refractivity contribution in [3.63, 3.8) is 0 Å². The fourth-order valence-corrected chi connectivity index (χ4v) is 2.25. The molecule has 0 amide bonds. The van der Waals surface area contributed by atoms with Gasteiger partial charge in [-0.15, -0.1) is 0 Å². The molecule has 1 aliphatic rings. The Balaban J connectivity index is 2.05. The van der Waals surface area contributed by atoms with Crippen LogP contribution in [0.25, 0.3) is 0 Å². The molecule has 1 aliphatic heterocycles. The molecule has 2 heterocycles. The van der Waals surface area contributed by atoms with Gasteiger partial charge in [-0.2, -0.15) is 0 Å². The fourth-order valence-electron chi connectivity index (χ4n) is 2.11. The van der Waals surface area contributed by atoms with Crippen molar-refractivity contribution >= 4 is 24.6 Å². The molecule has 0 aliphatic carbocycles. The number of hydrogen-bond donors (Lipinski definition) is 2. The van der Waals surface area contributed by atoms with Gasteiger partial charge in [0.15, 0.2) is 0 Å². The average Bonchev–Trinajstić information content (AvgIpc) is 2.73. The first-order chi connectivity index (χ1) is 8.97. The van der Waals surface area contributed by atoms with Gasteiger partial charge in [0.2, 0.25) is 5.88 Å². The number of ether oxygens (including phenoxy) is 1. The van der Waals surface area contributed by atoms with Crippen LogP contribution in [-0.4, -0.2) is 56.6 Å². The number of carboxylic acid groups (broad SMARTS) is 1. The van der Waals surface area contributed by atoms with Gasteiger partial charge >= 0.3 is 13.0 Å². The van der Waals surface area contributed by atoms with Crippen LogP contribution < -0.4 is 4.74 Å². The summed E-state index contributed by atoms with van der Waals surface area (Å²) in [4.78, 5) is 20.2. The van der Waals surface area contributed by atoms with E-state index >= 15 is 0 Å². The average molecular weight is 285 g/mol. The van der Waals surface area contributed by atoms with Crippen LogP contribution in [0.5, 0.6) is 5.88 Å². The third-order valence-electron chi connectivity index (χ3n) is 2.96. The Hall–Kier alpha value is -1.38. The molecule has 0 bridgehead atoms. The summed E-state index contributed by atoms with van der Waals surface area (Å²) < 4.78 is 5.57. The van der Waals surface area contributed by atoms with Gasteiger partial charge in [-0.1, -0.05) is 11.6 Å². The third-order valence-corrected chi connectivity index (χ3v) is 3.17. The number of rotatable bonds is 4. The second-order valence-corrected chi connectivity index (χ2v) is 4.72. The van der Waals surface area contributed by atoms with E-state index < -0.39 is 19.1 Å². The van der Waals surface area contributed by atoms with E-state index in [0.717, 1.165) is 0 Å². The molecule has 0 radical (unpaired) electrons. The fraction of sp³-hybridized carbons (Fsp3) is 0.500. The standard InChI is InChI=1S/C10H13BClN3O4/c1-11(18)15-4-6(2-7(15)10(16)17)19-9-3-8(12)13-5-14-9/h3,5-7,18H,2,4H2,1H3,(H,16,17)/t6-,7+/m1/s1. The molecule has 1 aromatic rings. The number of carboxylic acids is 1. The Bertz CT molecular complexity index is 476. The van der Waals surface area contributed by atoms with Gasteiger partial charge in [-0.3, -0.25) is 4.79 Å². The van der Waals surface area contributed by atoms with Crippen LogP contribution in [0.3, 0.4) is 0 Å². The van der Waals surface area contributed by atoms with Gasteiger partial charge in [-0.25, -0.2) is 9.97 Å². The zero-order chi connectivity index (χ0) is 14.0. The van der Waals surface area contributed by atoms with Crippen LogP contribution in [0.2, 0.25) is 12.0 Å². The molecule has 0 aromatic carbocycles. The van der Waals surface area contributed by atoms with Crippen molar-refractivity contribution in [1.82, 2.24) is 14.8 Å². The molecule has 102 valence electrons. The predicted octanol–water partition coefficient (Wildman–Crippen LogP) is 0.147. The molecular weight excluding hydrogens is 272 g/mol. The maximum Gasteiger partial charge on any atom is 0.377 e. The van der Waals surface area contributed by atoms with E-state index in [-0.39, 0.29) is 17.7 Å². The lowest BCUT2D eigenvalue weighted by molar-refractivity contribution is -0.141. The summed E-state index contributed by atoms with van der Waals surface area (Å²) in [5.74, 6) is -0.686. The highest BCUT2D eigenvalue weighted by atomic mass is 35.5. The number of aromatic nitrogens is 2. The molecule has 0 saturated carbocycles. The Labute approximate surface area is 115 Å². The first-order valence-electron chi connectivity index (χ1n) is 5.78. The summed E-state index contributed by atoms with van der Waals surface area (Å²) in [6.07, 6.45) is 1.19. The summed E-state index contributed by atoms with van der Waals surface area (Å²) in [6.45, 7) is 1.84. The van der Waals surface area contributed by atoms with Gasteiger partial charge in [0.1, 0.15) is 23.6 Å². The summed E-state index contributed by atoms with van der Waals surface area (Å²) in [5.41, 5.74) is 0. The van der Waals surface area contributed by atoms with E-state index in [1.54, 1.807) is 0 Å². The molecule has 1 fully saturated rings. The normalized spacial score (nSPS) is 23.3. The topological polar surface area (TPSA) is 95.8 Å². The second-order valence-electron chi connectivity index (χ2n) is 4.34. The molecular formula is C10H13BClN3O4. The molecule has 1 aromatic heterocycles. The largest absolute Gasteiger partial charge is 0.480 e. The third kappa shape index (κ3) is 3.34. The van der Waals surface area contributed by atoms with Crippen LogP contribution in [-0.2, 0) is 4.79 Å². The SMILES string of the molecule is CB(O)N1C[C@H](Oc2cc(Cl)ncn2)C[C@H]1C(=O)O. The highest BCUT2D eigenvalue weighted by Gasteiger charge is 2.41. The predicted molar refractivity (Wildman–Crippen MR) is 68.0 cm³/mol. The van der Waals surface area contributed by atoms with E-state index in [0.29, 0.717) is 12.4 Å². The highest BCUT2D eigenvalue weighted by Crippen LogP contribution is 2.23. The summed E-state index contributed by atoms with van der Waals surface area (Å²) in [6, 6.07) is 0.699. The van der Waals surface area contributed by atoms with Crippen LogP contribution >= 0.6 is 11.6 Å². The Morgan fingerprint density at radius 1 is 1.63 bits per heavy atom.